The van der Waals surface area contributed by atoms with Gasteiger partial charge >= 0.3 is 0 Å². The molecule has 0 saturated heterocycles. The Kier molecular flexibility index (Phi) is 3.51. The van der Waals surface area contributed by atoms with Crippen LogP contribution in [-0.4, -0.2) is 18.4 Å². The molecule has 14 heavy (non-hydrogen) atoms. The van der Waals surface area contributed by atoms with Crippen molar-refractivity contribution >= 4 is 22.2 Å². The number of hydrogen-bond donors (Lipinski definition) is 0. The molecule has 0 radical (unpaired) electrons. The molecule has 0 amide bonds. The smallest absolute Gasteiger partial charge is 0.266 e. The first-order chi connectivity index (χ1) is 6.60. The van der Waals surface area contributed by atoms with E-state index in [9.17, 15) is 13.6 Å². The van der Waals surface area contributed by atoms with Crippen molar-refractivity contribution in [3.8, 4) is 5.75 Å². The van der Waals surface area contributed by atoms with Crippen LogP contribution in [0.1, 0.15) is 22.5 Å². The van der Waals surface area contributed by atoms with Crippen LogP contribution in [0.2, 0.25) is 0 Å². The fraction of sp³-hybridized carbons (Fsp3) is 0.250. The Morgan fingerprint density at radius 3 is 2.71 bits per heavy atom. The number of nitrogens with zero attached hydrogens (tertiary/aromatic N) is 1. The van der Waals surface area contributed by atoms with Crippen molar-refractivity contribution in [1.29, 1.82) is 0 Å². The number of hydrogen-bond acceptors (Lipinski definition) is 3. The third-order valence-electron chi connectivity index (χ3n) is 1.57. The van der Waals surface area contributed by atoms with Gasteiger partial charge in [0.1, 0.15) is 10.3 Å². The minimum absolute atomic E-state index is 0.172. The molecule has 0 N–H and O–H groups in total. The highest BCUT2D eigenvalue weighted by Crippen LogP contribution is 2.30. The van der Waals surface area contributed by atoms with E-state index in [-0.39, 0.29) is 22.3 Å². The van der Waals surface area contributed by atoms with Gasteiger partial charge in [-0.15, -0.1) is 0 Å². The van der Waals surface area contributed by atoms with Crippen LogP contribution in [0.3, 0.4) is 0 Å². The Morgan fingerprint density at radius 2 is 2.29 bits per heavy atom. The largest absolute Gasteiger partial charge is 0.494 e. The van der Waals surface area contributed by atoms with Crippen molar-refractivity contribution in [2.24, 2.45) is 0 Å². The van der Waals surface area contributed by atoms with Gasteiger partial charge in [0, 0.05) is 0 Å². The summed E-state index contributed by atoms with van der Waals surface area (Å²) in [6, 6.07) is 1.09. The second-order valence-corrected chi connectivity index (χ2v) is 3.13. The third-order valence-corrected chi connectivity index (χ3v) is 2.14. The molecule has 1 heterocycles. The minimum Gasteiger partial charge on any atom is -0.494 e. The molecule has 76 valence electrons. The first-order valence-corrected chi connectivity index (χ1v) is 4.37. The van der Waals surface area contributed by atoms with E-state index in [1.807, 2.05) is 0 Å². The fourth-order valence-corrected chi connectivity index (χ4v) is 1.38. The lowest BCUT2D eigenvalue weighted by Crippen LogP contribution is -2.00. The molecule has 0 aliphatic heterocycles. The quantitative estimate of drug-likeness (QED) is 0.623. The summed E-state index contributed by atoms with van der Waals surface area (Å²) < 4.78 is 29.8. The zero-order valence-electron chi connectivity index (χ0n) is 7.13. The maximum absolute atomic E-state index is 12.4. The van der Waals surface area contributed by atoms with Crippen molar-refractivity contribution in [1.82, 2.24) is 4.98 Å². The van der Waals surface area contributed by atoms with Gasteiger partial charge in [-0.2, -0.15) is 0 Å². The van der Waals surface area contributed by atoms with Crippen LogP contribution in [0.4, 0.5) is 8.78 Å². The average molecular weight is 266 g/mol. The summed E-state index contributed by atoms with van der Waals surface area (Å²) in [6.45, 7) is 0. The minimum atomic E-state index is -2.75. The molecule has 0 saturated carbocycles. The normalized spacial score (nSPS) is 10.4. The molecule has 1 rings (SSSR count). The Balaban J connectivity index is 3.32. The lowest BCUT2D eigenvalue weighted by molar-refractivity contribution is 0.110. The summed E-state index contributed by atoms with van der Waals surface area (Å²) in [7, 11) is 1.33. The lowest BCUT2D eigenvalue weighted by atomic mass is 10.2. The van der Waals surface area contributed by atoms with Gasteiger partial charge < -0.3 is 4.74 Å². The Labute approximate surface area is 87.2 Å². The molecule has 6 heteroatoms. The average Bonchev–Trinajstić information content (AvgIpc) is 2.16. The van der Waals surface area contributed by atoms with Gasteiger partial charge in [0.2, 0.25) is 0 Å². The van der Waals surface area contributed by atoms with E-state index >= 15 is 0 Å². The van der Waals surface area contributed by atoms with Gasteiger partial charge in [-0.05, 0) is 22.0 Å². The summed E-state index contributed by atoms with van der Waals surface area (Å²) in [5.74, 6) is 0.172. The van der Waals surface area contributed by atoms with Crippen LogP contribution in [-0.2, 0) is 0 Å². The number of methoxy groups -OCH3 is 1. The van der Waals surface area contributed by atoms with Crippen molar-refractivity contribution in [3.63, 3.8) is 0 Å². The van der Waals surface area contributed by atoms with Crippen LogP contribution >= 0.6 is 15.9 Å². The van der Waals surface area contributed by atoms with Crippen molar-refractivity contribution in [3.05, 3.63) is 21.9 Å². The topological polar surface area (TPSA) is 39.2 Å². The first-order valence-electron chi connectivity index (χ1n) is 3.58. The Morgan fingerprint density at radius 1 is 1.64 bits per heavy atom. The second kappa shape index (κ2) is 4.45. The standard InChI is InChI=1S/C8H6BrF2NO2/c1-14-6-2-4(8(10)11)5(3-13)12-7(6)9/h2-3,8H,1H3. The monoisotopic (exact) mass is 265 g/mol. The predicted molar refractivity (Wildman–Crippen MR) is 48.8 cm³/mol. The molecule has 0 aliphatic rings. The number of carbonyl (C=O) groups is 1. The number of halogens is 3. The van der Waals surface area contributed by atoms with Gasteiger partial charge in [0.05, 0.1) is 12.7 Å². The number of rotatable bonds is 3. The van der Waals surface area contributed by atoms with Crippen LogP contribution in [0, 0.1) is 0 Å². The number of aldehydes is 1. The number of aromatic nitrogens is 1. The maximum Gasteiger partial charge on any atom is 0.266 e. The summed E-state index contributed by atoms with van der Waals surface area (Å²) in [6.07, 6.45) is -2.46. The molecule has 0 unspecified atom stereocenters. The van der Waals surface area contributed by atoms with E-state index < -0.39 is 12.0 Å². The summed E-state index contributed by atoms with van der Waals surface area (Å²) >= 11 is 2.99. The van der Waals surface area contributed by atoms with Crippen molar-refractivity contribution in [2.45, 2.75) is 6.43 Å². The summed E-state index contributed by atoms with van der Waals surface area (Å²) in [4.78, 5) is 14.1. The molecule has 0 atom stereocenters. The van der Waals surface area contributed by atoms with Crippen LogP contribution < -0.4 is 4.74 Å². The van der Waals surface area contributed by atoms with E-state index in [1.54, 1.807) is 0 Å². The van der Waals surface area contributed by atoms with E-state index in [0.717, 1.165) is 6.07 Å². The molecule has 0 fully saturated rings. The summed E-state index contributed by atoms with van der Waals surface area (Å²) in [5, 5.41) is 0. The Hall–Kier alpha value is -1.04. The number of ether oxygens (including phenoxy) is 1. The lowest BCUT2D eigenvalue weighted by Gasteiger charge is -2.07. The predicted octanol–water partition coefficient (Wildman–Crippen LogP) is 2.60. The van der Waals surface area contributed by atoms with Gasteiger partial charge in [0.15, 0.2) is 12.0 Å². The van der Waals surface area contributed by atoms with Gasteiger partial charge in [-0.3, -0.25) is 4.79 Å². The molecule has 3 nitrogen and oxygen atoms in total. The van der Waals surface area contributed by atoms with Gasteiger partial charge in [0.25, 0.3) is 6.43 Å². The molecular weight excluding hydrogens is 260 g/mol. The van der Waals surface area contributed by atoms with Crippen LogP contribution in [0.5, 0.6) is 5.75 Å². The van der Waals surface area contributed by atoms with E-state index in [0.29, 0.717) is 0 Å². The molecule has 0 aliphatic carbocycles. The zero-order valence-corrected chi connectivity index (χ0v) is 8.72. The number of carbonyl (C=O) groups excluding carboxylic acids is 1. The van der Waals surface area contributed by atoms with Crippen LogP contribution in [0.15, 0.2) is 10.7 Å². The van der Waals surface area contributed by atoms with Gasteiger partial charge in [-0.25, -0.2) is 13.8 Å². The molecule has 0 aromatic carbocycles. The maximum atomic E-state index is 12.4. The fourth-order valence-electron chi connectivity index (χ4n) is 0.912. The highest BCUT2D eigenvalue weighted by Gasteiger charge is 2.17. The van der Waals surface area contributed by atoms with Crippen molar-refractivity contribution < 1.29 is 18.3 Å². The number of alkyl halides is 2. The van der Waals surface area contributed by atoms with E-state index in [1.165, 1.54) is 7.11 Å². The molecular formula is C8H6BrF2NO2. The van der Waals surface area contributed by atoms with Gasteiger partial charge in [-0.1, -0.05) is 0 Å². The third kappa shape index (κ3) is 2.06. The molecule has 0 bridgehead atoms. The highest BCUT2D eigenvalue weighted by atomic mass is 79.9. The zero-order chi connectivity index (χ0) is 10.7. The SMILES string of the molecule is COc1cc(C(F)F)c(C=O)nc1Br. The van der Waals surface area contributed by atoms with E-state index in [4.69, 9.17) is 4.74 Å². The second-order valence-electron chi connectivity index (χ2n) is 2.37. The first kappa shape index (κ1) is 11.0. The Bertz CT molecular complexity index is 357. The van der Waals surface area contributed by atoms with Crippen molar-refractivity contribution in [2.75, 3.05) is 7.11 Å². The van der Waals surface area contributed by atoms with Crippen LogP contribution in [0.25, 0.3) is 0 Å². The van der Waals surface area contributed by atoms with E-state index in [2.05, 4.69) is 20.9 Å². The molecule has 1 aromatic heterocycles. The highest BCUT2D eigenvalue weighted by molar-refractivity contribution is 9.10. The molecule has 0 spiro atoms. The number of pyridine rings is 1. The molecule has 1 aromatic rings. The summed E-state index contributed by atoms with van der Waals surface area (Å²) in [5.41, 5.74) is -0.715.